The fourth-order valence-electron chi connectivity index (χ4n) is 4.39. The van der Waals surface area contributed by atoms with Gasteiger partial charge in [0.15, 0.2) is 0 Å². The van der Waals surface area contributed by atoms with Gasteiger partial charge in [-0.1, -0.05) is 12.5 Å². The summed E-state index contributed by atoms with van der Waals surface area (Å²) >= 11 is 0. The van der Waals surface area contributed by atoms with Gasteiger partial charge in [0.25, 0.3) is 0 Å². The third-order valence-electron chi connectivity index (χ3n) is 5.53. The molecular weight excluding hydrogens is 314 g/mol. The Bertz CT molecular complexity index is 687. The summed E-state index contributed by atoms with van der Waals surface area (Å²) < 4.78 is 6.17. The zero-order chi connectivity index (χ0) is 17.3. The molecule has 25 heavy (non-hydrogen) atoms. The lowest BCUT2D eigenvalue weighted by molar-refractivity contribution is 0.210. The maximum absolute atomic E-state index is 6.29. The van der Waals surface area contributed by atoms with Crippen molar-refractivity contribution in [1.82, 2.24) is 0 Å². The summed E-state index contributed by atoms with van der Waals surface area (Å²) in [4.78, 5) is 11.0. The Morgan fingerprint density at radius 3 is 2.56 bits per heavy atom. The predicted molar refractivity (Wildman–Crippen MR) is 101 cm³/mol. The molecule has 2 aliphatic carbocycles. The summed E-state index contributed by atoms with van der Waals surface area (Å²) in [6, 6.07) is 8.15. The van der Waals surface area contributed by atoms with Crippen LogP contribution in [-0.4, -0.2) is 23.7 Å². The van der Waals surface area contributed by atoms with Crippen molar-refractivity contribution in [3.05, 3.63) is 24.3 Å². The lowest BCUT2D eigenvalue weighted by Crippen LogP contribution is -2.58. The van der Waals surface area contributed by atoms with E-state index in [1.165, 1.54) is 19.3 Å². The van der Waals surface area contributed by atoms with Crippen LogP contribution in [0, 0.1) is 0 Å². The lowest BCUT2D eigenvalue weighted by atomic mass is 9.87. The van der Waals surface area contributed by atoms with Crippen molar-refractivity contribution in [2.45, 2.75) is 69.6 Å². The van der Waals surface area contributed by atoms with Gasteiger partial charge in [-0.3, -0.25) is 4.90 Å². The normalized spacial score (nSPS) is 23.4. The minimum atomic E-state index is -0.403. The molecule has 0 amide bonds. The largest absolute Gasteiger partial charge is 0.490 e. The van der Waals surface area contributed by atoms with Crippen molar-refractivity contribution in [2.24, 2.45) is 21.5 Å². The summed E-state index contributed by atoms with van der Waals surface area (Å²) in [6.07, 6.45) is 10.5. The summed E-state index contributed by atoms with van der Waals surface area (Å²) in [5, 5.41) is 0. The van der Waals surface area contributed by atoms with Gasteiger partial charge in [-0.25, -0.2) is 4.99 Å². The van der Waals surface area contributed by atoms with Crippen LogP contribution in [0.25, 0.3) is 0 Å². The molecule has 1 heterocycles. The van der Waals surface area contributed by atoms with Gasteiger partial charge >= 0.3 is 0 Å². The molecule has 4 rings (SSSR count). The fourth-order valence-corrected chi connectivity index (χ4v) is 4.39. The first kappa shape index (κ1) is 16.2. The number of guanidine groups is 2. The Morgan fingerprint density at radius 2 is 1.80 bits per heavy atom. The second kappa shape index (κ2) is 6.58. The van der Waals surface area contributed by atoms with Crippen molar-refractivity contribution in [3.63, 3.8) is 0 Å². The predicted octanol–water partition coefficient (Wildman–Crippen LogP) is 3.12. The van der Waals surface area contributed by atoms with Crippen molar-refractivity contribution in [2.75, 3.05) is 4.90 Å². The highest BCUT2D eigenvalue weighted by molar-refractivity contribution is 6.05. The zero-order valence-corrected chi connectivity index (χ0v) is 14.7. The topological polar surface area (TPSA) is 89.2 Å². The molecule has 6 heteroatoms. The van der Waals surface area contributed by atoms with E-state index in [0.717, 1.165) is 50.0 Å². The molecular formula is C19H27N5O. The average molecular weight is 341 g/mol. The van der Waals surface area contributed by atoms with E-state index in [4.69, 9.17) is 21.2 Å². The second-order valence-corrected chi connectivity index (χ2v) is 7.34. The smallest absolute Gasteiger partial charge is 0.220 e. The van der Waals surface area contributed by atoms with Crippen LogP contribution < -0.4 is 21.1 Å². The van der Waals surface area contributed by atoms with Crippen LogP contribution in [-0.2, 0) is 0 Å². The molecule has 0 unspecified atom stereocenters. The zero-order valence-electron chi connectivity index (χ0n) is 14.7. The van der Waals surface area contributed by atoms with Gasteiger partial charge in [0.05, 0.1) is 6.10 Å². The Labute approximate surface area is 149 Å². The number of rotatable bonds is 3. The van der Waals surface area contributed by atoms with E-state index in [1.807, 2.05) is 12.1 Å². The maximum atomic E-state index is 6.29. The third kappa shape index (κ3) is 3.17. The molecule has 1 aromatic carbocycles. The molecule has 1 spiro atoms. The maximum Gasteiger partial charge on any atom is 0.220 e. The summed E-state index contributed by atoms with van der Waals surface area (Å²) in [6.45, 7) is 0. The number of hydrogen-bond donors (Lipinski definition) is 2. The quantitative estimate of drug-likeness (QED) is 0.884. The SMILES string of the molecule is NC1=NC2(CCCCC2)N(c2cccc(OC3CCCC3)c2)C(N)=N1. The lowest BCUT2D eigenvalue weighted by Gasteiger charge is -2.45. The first-order chi connectivity index (χ1) is 12.2. The highest BCUT2D eigenvalue weighted by atomic mass is 16.5. The average Bonchev–Trinajstić information content (AvgIpc) is 3.08. The number of anilines is 1. The van der Waals surface area contributed by atoms with Gasteiger partial charge in [-0.05, 0) is 63.5 Å². The van der Waals surface area contributed by atoms with Crippen LogP contribution in [0.15, 0.2) is 34.3 Å². The van der Waals surface area contributed by atoms with Gasteiger partial charge < -0.3 is 16.2 Å². The van der Waals surface area contributed by atoms with Gasteiger partial charge in [0.1, 0.15) is 11.4 Å². The Morgan fingerprint density at radius 1 is 1.04 bits per heavy atom. The molecule has 0 atom stereocenters. The third-order valence-corrected chi connectivity index (χ3v) is 5.53. The molecule has 4 N–H and O–H groups in total. The minimum Gasteiger partial charge on any atom is -0.490 e. The molecule has 2 fully saturated rings. The van der Waals surface area contributed by atoms with Crippen molar-refractivity contribution >= 4 is 17.6 Å². The van der Waals surface area contributed by atoms with E-state index in [2.05, 4.69) is 22.0 Å². The van der Waals surface area contributed by atoms with E-state index in [-0.39, 0.29) is 5.96 Å². The Kier molecular flexibility index (Phi) is 4.27. The van der Waals surface area contributed by atoms with E-state index < -0.39 is 5.66 Å². The number of hydrogen-bond acceptors (Lipinski definition) is 6. The molecule has 1 aromatic rings. The van der Waals surface area contributed by atoms with Crippen LogP contribution in [0.2, 0.25) is 0 Å². The van der Waals surface area contributed by atoms with Gasteiger partial charge in [0.2, 0.25) is 11.9 Å². The van der Waals surface area contributed by atoms with Gasteiger partial charge in [-0.15, -0.1) is 0 Å². The molecule has 3 aliphatic rings. The van der Waals surface area contributed by atoms with Crippen LogP contribution in [0.5, 0.6) is 5.75 Å². The number of aliphatic imine (C=N–C) groups is 2. The van der Waals surface area contributed by atoms with Crippen LogP contribution in [0.3, 0.4) is 0 Å². The number of ether oxygens (including phenoxy) is 1. The van der Waals surface area contributed by atoms with Gasteiger partial charge in [-0.2, -0.15) is 4.99 Å². The molecule has 134 valence electrons. The Balaban J connectivity index is 1.65. The fraction of sp³-hybridized carbons (Fsp3) is 0.579. The molecule has 0 saturated heterocycles. The van der Waals surface area contributed by atoms with E-state index in [0.29, 0.717) is 12.1 Å². The monoisotopic (exact) mass is 341 g/mol. The summed E-state index contributed by atoms with van der Waals surface area (Å²) in [5.74, 6) is 1.60. The van der Waals surface area contributed by atoms with Crippen LogP contribution >= 0.6 is 0 Å². The highest BCUT2D eigenvalue weighted by Gasteiger charge is 2.42. The van der Waals surface area contributed by atoms with E-state index >= 15 is 0 Å². The standard InChI is InChI=1S/C19H27N5O/c20-17-22-18(21)24(19(23-17)11-4-1-5-12-19)14-7-6-10-16(13-14)25-15-8-2-3-9-15/h6-7,10,13,15H,1-5,8-9,11-12H2,(H4,20,21,22,23). The number of nitrogens with two attached hydrogens (primary N) is 2. The van der Waals surface area contributed by atoms with Crippen LogP contribution in [0.4, 0.5) is 5.69 Å². The molecule has 0 bridgehead atoms. The van der Waals surface area contributed by atoms with Gasteiger partial charge in [0, 0.05) is 11.8 Å². The molecule has 6 nitrogen and oxygen atoms in total. The summed E-state index contributed by atoms with van der Waals surface area (Å²) in [5.41, 5.74) is 12.8. The Hall–Kier alpha value is -2.24. The van der Waals surface area contributed by atoms with Crippen molar-refractivity contribution in [1.29, 1.82) is 0 Å². The van der Waals surface area contributed by atoms with E-state index in [1.54, 1.807) is 0 Å². The first-order valence-electron chi connectivity index (χ1n) is 9.43. The van der Waals surface area contributed by atoms with Crippen molar-refractivity contribution in [3.8, 4) is 5.75 Å². The molecule has 1 aliphatic heterocycles. The van der Waals surface area contributed by atoms with Crippen molar-refractivity contribution < 1.29 is 4.74 Å². The molecule has 0 radical (unpaired) electrons. The minimum absolute atomic E-state index is 0.286. The number of benzene rings is 1. The van der Waals surface area contributed by atoms with Crippen LogP contribution in [0.1, 0.15) is 57.8 Å². The highest BCUT2D eigenvalue weighted by Crippen LogP contribution is 2.40. The molecule has 2 saturated carbocycles. The van der Waals surface area contributed by atoms with E-state index in [9.17, 15) is 0 Å². The number of nitrogens with zero attached hydrogens (tertiary/aromatic N) is 3. The molecule has 0 aromatic heterocycles. The second-order valence-electron chi connectivity index (χ2n) is 7.34. The first-order valence-corrected chi connectivity index (χ1v) is 9.43. The summed E-state index contributed by atoms with van der Waals surface area (Å²) in [7, 11) is 0.